The van der Waals surface area contributed by atoms with Crippen LogP contribution in [0.2, 0.25) is 0 Å². The molecule has 2 rings (SSSR count). The molecule has 1 aromatic carbocycles. The van der Waals surface area contributed by atoms with Crippen LogP contribution in [0.4, 0.5) is 0 Å². The van der Waals surface area contributed by atoms with Crippen LogP contribution in [0.1, 0.15) is 31.9 Å². The summed E-state index contributed by atoms with van der Waals surface area (Å²) in [6.45, 7) is 6.66. The van der Waals surface area contributed by atoms with Crippen molar-refractivity contribution in [1.29, 1.82) is 0 Å². The maximum Gasteiger partial charge on any atom is 0.252 e. The Balaban J connectivity index is 2.00. The first-order chi connectivity index (χ1) is 8.58. The van der Waals surface area contributed by atoms with E-state index in [1.165, 1.54) is 10.4 Å². The number of thiophene rings is 1. The van der Waals surface area contributed by atoms with Gasteiger partial charge in [-0.3, -0.25) is 4.79 Å². The number of benzene rings is 1. The Labute approximate surface area is 112 Å². The molecule has 0 saturated carbocycles. The quantitative estimate of drug-likeness (QED) is 0.896. The van der Waals surface area contributed by atoms with Gasteiger partial charge in [-0.05, 0) is 31.9 Å². The summed E-state index contributed by atoms with van der Waals surface area (Å²) in [7, 11) is 0. The summed E-state index contributed by atoms with van der Waals surface area (Å²) in [4.78, 5) is 13.2. The average molecular weight is 259 g/mol. The van der Waals surface area contributed by atoms with Gasteiger partial charge in [-0.15, -0.1) is 11.3 Å². The second kappa shape index (κ2) is 5.36. The molecule has 1 amide bonds. The lowest BCUT2D eigenvalue weighted by atomic mass is 10.1. The number of nitrogens with one attached hydrogen (secondary N) is 1. The minimum absolute atomic E-state index is 0.0115. The van der Waals surface area contributed by atoms with Crippen molar-refractivity contribution in [3.63, 3.8) is 0 Å². The second-order valence-electron chi connectivity index (χ2n) is 4.50. The van der Waals surface area contributed by atoms with E-state index in [2.05, 4.69) is 24.4 Å². The van der Waals surface area contributed by atoms with E-state index in [-0.39, 0.29) is 5.91 Å². The third kappa shape index (κ3) is 2.79. The Bertz CT molecular complexity index is 554. The van der Waals surface area contributed by atoms with E-state index in [9.17, 15) is 4.79 Å². The average Bonchev–Trinajstić information content (AvgIpc) is 2.69. The monoisotopic (exact) mass is 259 g/mol. The smallest absolute Gasteiger partial charge is 0.252 e. The lowest BCUT2D eigenvalue weighted by Gasteiger charge is -2.05. The van der Waals surface area contributed by atoms with Crippen LogP contribution < -0.4 is 5.32 Å². The van der Waals surface area contributed by atoms with E-state index >= 15 is 0 Å². The van der Waals surface area contributed by atoms with E-state index in [1.807, 2.05) is 31.4 Å². The first-order valence-corrected chi connectivity index (χ1v) is 6.84. The van der Waals surface area contributed by atoms with Crippen LogP contribution >= 0.6 is 11.3 Å². The number of carbonyl (C=O) groups is 1. The maximum atomic E-state index is 12.0. The van der Waals surface area contributed by atoms with Crippen LogP contribution in [-0.4, -0.2) is 5.91 Å². The molecule has 0 spiro atoms. The van der Waals surface area contributed by atoms with Crippen LogP contribution in [0.25, 0.3) is 0 Å². The van der Waals surface area contributed by atoms with Crippen molar-refractivity contribution in [2.24, 2.45) is 0 Å². The highest BCUT2D eigenvalue weighted by Gasteiger charge is 2.11. The molecule has 0 fully saturated rings. The Kier molecular flexibility index (Phi) is 3.82. The topological polar surface area (TPSA) is 29.1 Å². The summed E-state index contributed by atoms with van der Waals surface area (Å²) >= 11 is 1.62. The molecular formula is C15H17NOS. The van der Waals surface area contributed by atoms with Crippen molar-refractivity contribution >= 4 is 17.2 Å². The number of hydrogen-bond acceptors (Lipinski definition) is 2. The number of amides is 1. The summed E-state index contributed by atoms with van der Waals surface area (Å²) in [6, 6.07) is 8.20. The zero-order chi connectivity index (χ0) is 13.1. The minimum Gasteiger partial charge on any atom is -0.348 e. The fourth-order valence-electron chi connectivity index (χ4n) is 1.72. The van der Waals surface area contributed by atoms with Gasteiger partial charge in [0.1, 0.15) is 0 Å². The SMILES string of the molecule is Cc1ccc(CNC(=O)c2csc(C)c2C)cc1. The Hall–Kier alpha value is -1.61. The molecular weight excluding hydrogens is 242 g/mol. The molecule has 3 heteroatoms. The molecule has 0 atom stereocenters. The van der Waals surface area contributed by atoms with Crippen molar-refractivity contribution < 1.29 is 4.79 Å². The highest BCUT2D eigenvalue weighted by atomic mass is 32.1. The lowest BCUT2D eigenvalue weighted by Crippen LogP contribution is -2.22. The van der Waals surface area contributed by atoms with Gasteiger partial charge in [0.05, 0.1) is 5.56 Å². The lowest BCUT2D eigenvalue weighted by molar-refractivity contribution is 0.0950. The van der Waals surface area contributed by atoms with Gasteiger partial charge in [-0.25, -0.2) is 0 Å². The zero-order valence-corrected chi connectivity index (χ0v) is 11.7. The van der Waals surface area contributed by atoms with Gasteiger partial charge in [0.15, 0.2) is 0 Å². The Morgan fingerprint density at radius 1 is 1.17 bits per heavy atom. The molecule has 0 aliphatic rings. The fourth-order valence-corrected chi connectivity index (χ4v) is 2.59. The van der Waals surface area contributed by atoms with E-state index in [4.69, 9.17) is 0 Å². The molecule has 1 aromatic heterocycles. The van der Waals surface area contributed by atoms with E-state index in [0.29, 0.717) is 6.54 Å². The van der Waals surface area contributed by atoms with Crippen molar-refractivity contribution in [3.05, 3.63) is 56.8 Å². The van der Waals surface area contributed by atoms with Crippen LogP contribution in [0.15, 0.2) is 29.6 Å². The summed E-state index contributed by atoms with van der Waals surface area (Å²) in [5.41, 5.74) is 4.24. The van der Waals surface area contributed by atoms with Crippen LogP contribution in [-0.2, 0) is 6.54 Å². The molecule has 0 aliphatic heterocycles. The second-order valence-corrected chi connectivity index (χ2v) is 5.58. The summed E-state index contributed by atoms with van der Waals surface area (Å²) in [5, 5.41) is 4.88. The maximum absolute atomic E-state index is 12.0. The van der Waals surface area contributed by atoms with Gasteiger partial charge in [0, 0.05) is 16.8 Å². The number of carbonyl (C=O) groups excluding carboxylic acids is 1. The first kappa shape index (κ1) is 12.8. The largest absolute Gasteiger partial charge is 0.348 e. The van der Waals surface area contributed by atoms with Crippen molar-refractivity contribution in [2.45, 2.75) is 27.3 Å². The molecule has 2 nitrogen and oxygen atoms in total. The predicted octanol–water partition coefficient (Wildman–Crippen LogP) is 3.60. The summed E-state index contributed by atoms with van der Waals surface area (Å²) in [5.74, 6) is 0.0115. The molecule has 0 saturated heterocycles. The molecule has 18 heavy (non-hydrogen) atoms. The highest BCUT2D eigenvalue weighted by molar-refractivity contribution is 7.10. The van der Waals surface area contributed by atoms with Gasteiger partial charge < -0.3 is 5.32 Å². The third-order valence-electron chi connectivity index (χ3n) is 3.10. The molecule has 0 bridgehead atoms. The molecule has 1 heterocycles. The zero-order valence-electron chi connectivity index (χ0n) is 10.9. The third-order valence-corrected chi connectivity index (χ3v) is 4.12. The minimum atomic E-state index is 0.0115. The molecule has 1 N–H and O–H groups in total. The van der Waals surface area contributed by atoms with Crippen LogP contribution in [0, 0.1) is 20.8 Å². The van der Waals surface area contributed by atoms with Gasteiger partial charge in [0.25, 0.3) is 5.91 Å². The van der Waals surface area contributed by atoms with Crippen LogP contribution in [0.3, 0.4) is 0 Å². The van der Waals surface area contributed by atoms with Crippen LogP contribution in [0.5, 0.6) is 0 Å². The normalized spacial score (nSPS) is 10.4. The van der Waals surface area contributed by atoms with Gasteiger partial charge >= 0.3 is 0 Å². The van der Waals surface area contributed by atoms with Crippen molar-refractivity contribution in [3.8, 4) is 0 Å². The molecule has 0 aliphatic carbocycles. The Morgan fingerprint density at radius 2 is 1.83 bits per heavy atom. The van der Waals surface area contributed by atoms with Gasteiger partial charge in [0.2, 0.25) is 0 Å². The number of rotatable bonds is 3. The highest BCUT2D eigenvalue weighted by Crippen LogP contribution is 2.20. The standard InChI is InChI=1S/C15H17NOS/c1-10-4-6-13(7-5-10)8-16-15(17)14-9-18-12(3)11(14)2/h4-7,9H,8H2,1-3H3,(H,16,17). The van der Waals surface area contributed by atoms with E-state index < -0.39 is 0 Å². The van der Waals surface area contributed by atoms with Crippen molar-refractivity contribution in [2.75, 3.05) is 0 Å². The molecule has 0 radical (unpaired) electrons. The summed E-state index contributed by atoms with van der Waals surface area (Å²) < 4.78 is 0. The van der Waals surface area contributed by atoms with Gasteiger partial charge in [-0.1, -0.05) is 29.8 Å². The number of aryl methyl sites for hydroxylation is 2. The van der Waals surface area contributed by atoms with E-state index in [1.54, 1.807) is 11.3 Å². The molecule has 2 aromatic rings. The van der Waals surface area contributed by atoms with E-state index in [0.717, 1.165) is 16.7 Å². The predicted molar refractivity (Wildman–Crippen MR) is 76.1 cm³/mol. The summed E-state index contributed by atoms with van der Waals surface area (Å²) in [6.07, 6.45) is 0. The molecule has 94 valence electrons. The fraction of sp³-hybridized carbons (Fsp3) is 0.267. The Morgan fingerprint density at radius 3 is 2.39 bits per heavy atom. The number of hydrogen-bond donors (Lipinski definition) is 1. The molecule has 0 unspecified atom stereocenters. The van der Waals surface area contributed by atoms with Gasteiger partial charge in [-0.2, -0.15) is 0 Å². The van der Waals surface area contributed by atoms with Crippen molar-refractivity contribution in [1.82, 2.24) is 5.32 Å². The first-order valence-electron chi connectivity index (χ1n) is 5.96.